The molecule has 2 rings (SSSR count). The molecule has 1 aliphatic heterocycles. The SMILES string of the molecule is CN1C(=O)C(O)(CC(=O)O)c2ccc(Cl)cc21. The molecule has 0 fully saturated rings. The molecule has 1 aromatic rings. The number of carboxylic acid groups (broad SMARTS) is 1. The van der Waals surface area contributed by atoms with Gasteiger partial charge in [0.1, 0.15) is 0 Å². The molecule has 90 valence electrons. The van der Waals surface area contributed by atoms with Gasteiger partial charge in [-0.15, -0.1) is 0 Å². The number of nitrogens with zero attached hydrogens (tertiary/aromatic N) is 1. The summed E-state index contributed by atoms with van der Waals surface area (Å²) in [7, 11) is 1.47. The van der Waals surface area contributed by atoms with Crippen molar-refractivity contribution in [2.75, 3.05) is 11.9 Å². The number of aliphatic hydroxyl groups is 1. The normalized spacial score (nSPS) is 22.8. The van der Waals surface area contributed by atoms with Crippen molar-refractivity contribution in [2.45, 2.75) is 12.0 Å². The quantitative estimate of drug-likeness (QED) is 0.826. The molecule has 0 radical (unpaired) electrons. The van der Waals surface area contributed by atoms with E-state index in [1.165, 1.54) is 30.1 Å². The monoisotopic (exact) mass is 255 g/mol. The first-order valence-corrected chi connectivity index (χ1v) is 5.26. The number of hydrogen-bond acceptors (Lipinski definition) is 3. The second kappa shape index (κ2) is 3.72. The first-order valence-electron chi connectivity index (χ1n) is 4.88. The number of carboxylic acids is 1. The second-order valence-electron chi connectivity index (χ2n) is 3.96. The molecule has 1 aromatic carbocycles. The van der Waals surface area contributed by atoms with Crippen molar-refractivity contribution >= 4 is 29.2 Å². The van der Waals surface area contributed by atoms with E-state index < -0.39 is 23.9 Å². The summed E-state index contributed by atoms with van der Waals surface area (Å²) in [6.45, 7) is 0. The Morgan fingerprint density at radius 1 is 1.53 bits per heavy atom. The van der Waals surface area contributed by atoms with Crippen molar-refractivity contribution < 1.29 is 19.8 Å². The lowest BCUT2D eigenvalue weighted by Crippen LogP contribution is -2.40. The molecular formula is C11H10ClNO4. The summed E-state index contributed by atoms with van der Waals surface area (Å²) in [6, 6.07) is 4.51. The highest BCUT2D eigenvalue weighted by Crippen LogP contribution is 2.42. The van der Waals surface area contributed by atoms with Gasteiger partial charge >= 0.3 is 5.97 Å². The van der Waals surface area contributed by atoms with Gasteiger partial charge < -0.3 is 15.1 Å². The summed E-state index contributed by atoms with van der Waals surface area (Å²) < 4.78 is 0. The van der Waals surface area contributed by atoms with E-state index in [0.29, 0.717) is 10.7 Å². The number of amides is 1. The lowest BCUT2D eigenvalue weighted by atomic mass is 9.92. The number of hydrogen-bond donors (Lipinski definition) is 2. The highest BCUT2D eigenvalue weighted by molar-refractivity contribution is 6.31. The first-order chi connectivity index (χ1) is 7.86. The minimum absolute atomic E-state index is 0.275. The Morgan fingerprint density at radius 3 is 2.76 bits per heavy atom. The summed E-state index contributed by atoms with van der Waals surface area (Å²) in [5.41, 5.74) is -1.29. The average Bonchev–Trinajstić information content (AvgIpc) is 2.40. The van der Waals surface area contributed by atoms with Crippen molar-refractivity contribution in [3.8, 4) is 0 Å². The van der Waals surface area contributed by atoms with Gasteiger partial charge in [0.05, 0.1) is 12.1 Å². The Bertz CT molecular complexity index is 516. The fourth-order valence-corrected chi connectivity index (χ4v) is 2.19. The molecule has 5 nitrogen and oxygen atoms in total. The van der Waals surface area contributed by atoms with Crippen LogP contribution in [-0.2, 0) is 15.2 Å². The largest absolute Gasteiger partial charge is 0.481 e. The Kier molecular flexibility index (Phi) is 2.60. The molecule has 0 bridgehead atoms. The molecule has 0 saturated carbocycles. The molecule has 0 spiro atoms. The van der Waals surface area contributed by atoms with E-state index in [9.17, 15) is 14.7 Å². The highest BCUT2D eigenvalue weighted by atomic mass is 35.5. The summed E-state index contributed by atoms with van der Waals surface area (Å²) >= 11 is 5.80. The third-order valence-corrected chi connectivity index (χ3v) is 3.07. The average molecular weight is 256 g/mol. The summed E-state index contributed by atoms with van der Waals surface area (Å²) in [5.74, 6) is -1.89. The zero-order chi connectivity index (χ0) is 12.8. The predicted molar refractivity (Wildman–Crippen MR) is 61.0 cm³/mol. The van der Waals surface area contributed by atoms with Crippen molar-refractivity contribution in [3.63, 3.8) is 0 Å². The zero-order valence-electron chi connectivity index (χ0n) is 8.98. The number of halogens is 1. The van der Waals surface area contributed by atoms with Crippen LogP contribution in [0.5, 0.6) is 0 Å². The Labute approximate surface area is 102 Å². The van der Waals surface area contributed by atoms with Crippen LogP contribution in [0.3, 0.4) is 0 Å². The van der Waals surface area contributed by atoms with Crippen molar-refractivity contribution in [3.05, 3.63) is 28.8 Å². The molecule has 2 N–H and O–H groups in total. The van der Waals surface area contributed by atoms with Gasteiger partial charge in [-0.2, -0.15) is 0 Å². The number of benzene rings is 1. The van der Waals surface area contributed by atoms with Crippen LogP contribution in [0, 0.1) is 0 Å². The number of aliphatic carboxylic acids is 1. The smallest absolute Gasteiger partial charge is 0.307 e. The molecule has 1 atom stereocenters. The van der Waals surface area contributed by atoms with Crippen molar-refractivity contribution in [1.29, 1.82) is 0 Å². The second-order valence-corrected chi connectivity index (χ2v) is 4.39. The summed E-state index contributed by atoms with van der Waals surface area (Å²) in [6.07, 6.45) is -0.662. The maximum absolute atomic E-state index is 11.9. The molecule has 1 heterocycles. The first kappa shape index (κ1) is 11.9. The van der Waals surface area contributed by atoms with Gasteiger partial charge in [-0.3, -0.25) is 9.59 Å². The molecule has 0 aromatic heterocycles. The molecule has 0 saturated heterocycles. The molecule has 1 unspecified atom stereocenters. The van der Waals surface area contributed by atoms with Gasteiger partial charge in [0.2, 0.25) is 0 Å². The van der Waals surface area contributed by atoms with E-state index in [0.717, 1.165) is 0 Å². The van der Waals surface area contributed by atoms with Crippen molar-refractivity contribution in [1.82, 2.24) is 0 Å². The Hall–Kier alpha value is -1.59. The van der Waals surface area contributed by atoms with Crippen LogP contribution in [0.2, 0.25) is 5.02 Å². The molecule has 1 amide bonds. The van der Waals surface area contributed by atoms with E-state index in [2.05, 4.69) is 0 Å². The fraction of sp³-hybridized carbons (Fsp3) is 0.273. The number of rotatable bonds is 2. The zero-order valence-corrected chi connectivity index (χ0v) is 9.73. The summed E-state index contributed by atoms with van der Waals surface area (Å²) in [4.78, 5) is 23.8. The van der Waals surface area contributed by atoms with Gasteiger partial charge in [-0.25, -0.2) is 0 Å². The van der Waals surface area contributed by atoms with Gasteiger partial charge in [0.25, 0.3) is 5.91 Å². The van der Waals surface area contributed by atoms with Crippen LogP contribution in [0.1, 0.15) is 12.0 Å². The summed E-state index contributed by atoms with van der Waals surface area (Å²) in [5, 5.41) is 19.4. The Morgan fingerprint density at radius 2 is 2.18 bits per heavy atom. The minimum Gasteiger partial charge on any atom is -0.481 e. The lowest BCUT2D eigenvalue weighted by Gasteiger charge is -2.19. The van der Waals surface area contributed by atoms with Gasteiger partial charge in [0.15, 0.2) is 5.60 Å². The van der Waals surface area contributed by atoms with Crippen LogP contribution >= 0.6 is 11.6 Å². The topological polar surface area (TPSA) is 77.8 Å². The molecule has 0 aliphatic carbocycles. The van der Waals surface area contributed by atoms with Crippen LogP contribution < -0.4 is 4.90 Å². The molecule has 1 aliphatic rings. The number of carbonyl (C=O) groups is 2. The van der Waals surface area contributed by atoms with Gasteiger partial charge in [0, 0.05) is 17.6 Å². The third-order valence-electron chi connectivity index (χ3n) is 2.83. The predicted octanol–water partition coefficient (Wildman–Crippen LogP) is 0.979. The maximum atomic E-state index is 11.9. The van der Waals surface area contributed by atoms with E-state index in [4.69, 9.17) is 16.7 Å². The molecular weight excluding hydrogens is 246 g/mol. The van der Waals surface area contributed by atoms with Crippen LogP contribution in [0.4, 0.5) is 5.69 Å². The van der Waals surface area contributed by atoms with Gasteiger partial charge in [-0.1, -0.05) is 17.7 Å². The van der Waals surface area contributed by atoms with Crippen LogP contribution in [0.15, 0.2) is 18.2 Å². The van der Waals surface area contributed by atoms with Crippen molar-refractivity contribution in [2.24, 2.45) is 0 Å². The number of likely N-dealkylation sites (N-methyl/N-ethyl adjacent to an activating group) is 1. The standard InChI is InChI=1S/C11H10ClNO4/c1-13-8-4-6(12)2-3-7(8)11(17,10(13)16)5-9(14)15/h2-4,17H,5H2,1H3,(H,14,15). The van der Waals surface area contributed by atoms with Crippen LogP contribution in [0.25, 0.3) is 0 Å². The highest BCUT2D eigenvalue weighted by Gasteiger charge is 2.49. The number of anilines is 1. The third kappa shape index (κ3) is 1.67. The van der Waals surface area contributed by atoms with E-state index in [-0.39, 0.29) is 5.56 Å². The maximum Gasteiger partial charge on any atom is 0.307 e. The van der Waals surface area contributed by atoms with E-state index in [1.807, 2.05) is 0 Å². The molecule has 6 heteroatoms. The van der Waals surface area contributed by atoms with E-state index >= 15 is 0 Å². The fourth-order valence-electron chi connectivity index (χ4n) is 2.02. The Balaban J connectivity index is 2.58. The lowest BCUT2D eigenvalue weighted by molar-refractivity contribution is -0.150. The number of fused-ring (bicyclic) bond motifs is 1. The van der Waals surface area contributed by atoms with Crippen LogP contribution in [-0.4, -0.2) is 29.1 Å². The molecule has 17 heavy (non-hydrogen) atoms. The minimum atomic E-state index is -2.00. The number of carbonyl (C=O) groups excluding carboxylic acids is 1. The van der Waals surface area contributed by atoms with Gasteiger partial charge in [-0.05, 0) is 12.1 Å². The van der Waals surface area contributed by atoms with E-state index in [1.54, 1.807) is 0 Å².